The summed E-state index contributed by atoms with van der Waals surface area (Å²) in [6.07, 6.45) is -0.623. The van der Waals surface area contributed by atoms with Crippen molar-refractivity contribution in [1.29, 1.82) is 0 Å². The third-order valence-electron chi connectivity index (χ3n) is 5.05. The van der Waals surface area contributed by atoms with Crippen molar-refractivity contribution in [3.63, 3.8) is 0 Å². The Labute approximate surface area is 152 Å². The van der Waals surface area contributed by atoms with Crippen LogP contribution in [0.5, 0.6) is 23.0 Å². The Kier molecular flexibility index (Phi) is 4.38. The van der Waals surface area contributed by atoms with Crippen molar-refractivity contribution < 1.29 is 28.4 Å². The average molecular weight is 358 g/mol. The van der Waals surface area contributed by atoms with Crippen LogP contribution in [0.25, 0.3) is 0 Å². The summed E-state index contributed by atoms with van der Waals surface area (Å²) in [6, 6.07) is 7.84. The number of hydrogen-bond acceptors (Lipinski definition) is 6. The highest BCUT2D eigenvalue weighted by atomic mass is 16.7. The summed E-state index contributed by atoms with van der Waals surface area (Å²) in [5.74, 6) is 3.05. The van der Waals surface area contributed by atoms with Crippen LogP contribution in [0.1, 0.15) is 34.5 Å². The molecule has 0 aromatic heterocycles. The molecular weight excluding hydrogens is 336 g/mol. The van der Waals surface area contributed by atoms with E-state index in [2.05, 4.69) is 0 Å². The first kappa shape index (κ1) is 17.0. The molecule has 4 rings (SSSR count). The van der Waals surface area contributed by atoms with Gasteiger partial charge in [0.1, 0.15) is 12.2 Å². The van der Waals surface area contributed by atoms with Gasteiger partial charge >= 0.3 is 0 Å². The first-order chi connectivity index (χ1) is 12.7. The van der Waals surface area contributed by atoms with Gasteiger partial charge in [-0.25, -0.2) is 0 Å². The van der Waals surface area contributed by atoms with Gasteiger partial charge in [0.25, 0.3) is 0 Å². The Morgan fingerprint density at radius 1 is 0.692 bits per heavy atom. The minimum absolute atomic E-state index is 0.242. The fourth-order valence-corrected chi connectivity index (χ4v) is 3.70. The first-order valence-electron chi connectivity index (χ1n) is 8.49. The summed E-state index contributed by atoms with van der Waals surface area (Å²) < 4.78 is 33.9. The maximum Gasteiger partial charge on any atom is 0.231 e. The fraction of sp³-hybridized carbons (Fsp3) is 0.400. The lowest BCUT2D eigenvalue weighted by Crippen LogP contribution is -2.17. The Morgan fingerprint density at radius 2 is 1.12 bits per heavy atom. The van der Waals surface area contributed by atoms with Gasteiger partial charge in [-0.1, -0.05) is 12.1 Å². The second kappa shape index (κ2) is 6.70. The van der Waals surface area contributed by atoms with Crippen molar-refractivity contribution >= 4 is 0 Å². The molecule has 0 saturated carbocycles. The smallest absolute Gasteiger partial charge is 0.231 e. The molecule has 0 radical (unpaired) electrons. The number of rotatable bonds is 5. The van der Waals surface area contributed by atoms with Gasteiger partial charge in [0.05, 0.1) is 0 Å². The van der Waals surface area contributed by atoms with Crippen LogP contribution in [0.2, 0.25) is 0 Å². The Balaban J connectivity index is 1.76. The van der Waals surface area contributed by atoms with E-state index in [9.17, 15) is 0 Å². The zero-order valence-corrected chi connectivity index (χ0v) is 15.3. The van der Waals surface area contributed by atoms with E-state index in [1.54, 1.807) is 14.2 Å². The van der Waals surface area contributed by atoms with E-state index in [1.807, 2.05) is 38.1 Å². The molecule has 0 saturated heterocycles. The molecule has 2 aromatic rings. The molecule has 0 unspecified atom stereocenters. The molecular formula is C20H22O6. The standard InChI is InChI=1S/C20H22O6/c1-11-13(5-7-15-17(11)25-9-23-15)19(21-3)20(22-4)14-6-8-16-18(12(14)2)26-10-24-16/h5-8,19-20H,9-10H2,1-4H3/t19-,20-/m1/s1. The molecule has 2 aliphatic heterocycles. The Bertz CT molecular complexity index is 762. The predicted molar refractivity (Wildman–Crippen MR) is 94.1 cm³/mol. The second-order valence-corrected chi connectivity index (χ2v) is 6.34. The number of benzene rings is 2. The molecule has 2 heterocycles. The molecule has 138 valence electrons. The van der Waals surface area contributed by atoms with E-state index in [1.165, 1.54) is 0 Å². The van der Waals surface area contributed by atoms with Gasteiger partial charge in [0, 0.05) is 25.3 Å². The largest absolute Gasteiger partial charge is 0.454 e. The number of ether oxygens (including phenoxy) is 6. The molecule has 2 aliphatic rings. The van der Waals surface area contributed by atoms with Crippen molar-refractivity contribution in [3.05, 3.63) is 46.5 Å². The monoisotopic (exact) mass is 358 g/mol. The zero-order chi connectivity index (χ0) is 18.3. The van der Waals surface area contributed by atoms with E-state index in [0.717, 1.165) is 45.3 Å². The van der Waals surface area contributed by atoms with Crippen LogP contribution < -0.4 is 18.9 Å². The van der Waals surface area contributed by atoms with Gasteiger partial charge in [-0.3, -0.25) is 0 Å². The van der Waals surface area contributed by atoms with Crippen LogP contribution in [-0.4, -0.2) is 27.8 Å². The van der Waals surface area contributed by atoms with Gasteiger partial charge in [0.2, 0.25) is 13.6 Å². The lowest BCUT2D eigenvalue weighted by Gasteiger charge is -2.28. The van der Waals surface area contributed by atoms with E-state index >= 15 is 0 Å². The molecule has 2 aromatic carbocycles. The third-order valence-corrected chi connectivity index (χ3v) is 5.05. The van der Waals surface area contributed by atoms with Crippen LogP contribution in [0, 0.1) is 13.8 Å². The Morgan fingerprint density at radius 3 is 1.50 bits per heavy atom. The van der Waals surface area contributed by atoms with Crippen LogP contribution in [0.15, 0.2) is 24.3 Å². The molecule has 6 nitrogen and oxygen atoms in total. The maximum atomic E-state index is 5.87. The molecule has 2 atom stereocenters. The van der Waals surface area contributed by atoms with Crippen molar-refractivity contribution in [2.75, 3.05) is 27.8 Å². The van der Waals surface area contributed by atoms with E-state index in [-0.39, 0.29) is 25.8 Å². The minimum atomic E-state index is -0.312. The van der Waals surface area contributed by atoms with Gasteiger partial charge in [0.15, 0.2) is 23.0 Å². The van der Waals surface area contributed by atoms with Gasteiger partial charge in [-0.05, 0) is 37.1 Å². The fourth-order valence-electron chi connectivity index (χ4n) is 3.70. The number of methoxy groups -OCH3 is 2. The lowest BCUT2D eigenvalue weighted by atomic mass is 9.91. The molecule has 0 fully saturated rings. The first-order valence-corrected chi connectivity index (χ1v) is 8.49. The average Bonchev–Trinajstić information content (AvgIpc) is 3.31. The third kappa shape index (κ3) is 2.57. The van der Waals surface area contributed by atoms with Gasteiger partial charge < -0.3 is 28.4 Å². The highest BCUT2D eigenvalue weighted by Crippen LogP contribution is 2.46. The normalized spacial score (nSPS) is 16.6. The van der Waals surface area contributed by atoms with E-state index < -0.39 is 0 Å². The number of hydrogen-bond donors (Lipinski definition) is 0. The van der Waals surface area contributed by atoms with Crippen LogP contribution >= 0.6 is 0 Å². The number of fused-ring (bicyclic) bond motifs is 2. The summed E-state index contributed by atoms with van der Waals surface area (Å²) in [4.78, 5) is 0. The van der Waals surface area contributed by atoms with Gasteiger partial charge in [-0.15, -0.1) is 0 Å². The van der Waals surface area contributed by atoms with Crippen molar-refractivity contribution in [2.45, 2.75) is 26.1 Å². The summed E-state index contributed by atoms with van der Waals surface area (Å²) in [5, 5.41) is 0. The topological polar surface area (TPSA) is 55.4 Å². The molecule has 0 bridgehead atoms. The summed E-state index contributed by atoms with van der Waals surface area (Å²) >= 11 is 0. The predicted octanol–water partition coefficient (Wildman–Crippen LogP) is 3.84. The molecule has 0 aliphatic carbocycles. The summed E-state index contributed by atoms with van der Waals surface area (Å²) in [5.41, 5.74) is 3.99. The molecule has 26 heavy (non-hydrogen) atoms. The summed E-state index contributed by atoms with van der Waals surface area (Å²) in [6.45, 7) is 4.50. The highest BCUT2D eigenvalue weighted by molar-refractivity contribution is 5.54. The Hall–Kier alpha value is -2.44. The van der Waals surface area contributed by atoms with Crippen molar-refractivity contribution in [2.24, 2.45) is 0 Å². The van der Waals surface area contributed by atoms with E-state index in [4.69, 9.17) is 28.4 Å². The molecule has 0 spiro atoms. The highest BCUT2D eigenvalue weighted by Gasteiger charge is 2.32. The molecule has 0 amide bonds. The van der Waals surface area contributed by atoms with Crippen LogP contribution in [0.4, 0.5) is 0 Å². The molecule has 0 N–H and O–H groups in total. The van der Waals surface area contributed by atoms with E-state index in [0.29, 0.717) is 0 Å². The van der Waals surface area contributed by atoms with Gasteiger partial charge in [-0.2, -0.15) is 0 Å². The van der Waals surface area contributed by atoms with Crippen LogP contribution in [0.3, 0.4) is 0 Å². The van der Waals surface area contributed by atoms with Crippen LogP contribution in [-0.2, 0) is 9.47 Å². The minimum Gasteiger partial charge on any atom is -0.454 e. The SMILES string of the molecule is CO[C@H](c1ccc2c(c1C)OCO2)[C@H](OC)c1ccc2c(c1C)OCO2. The molecule has 6 heteroatoms. The second-order valence-electron chi connectivity index (χ2n) is 6.34. The quantitative estimate of drug-likeness (QED) is 0.810. The van der Waals surface area contributed by atoms with Crippen molar-refractivity contribution in [3.8, 4) is 23.0 Å². The lowest BCUT2D eigenvalue weighted by molar-refractivity contribution is -0.0404. The van der Waals surface area contributed by atoms with Crippen molar-refractivity contribution in [1.82, 2.24) is 0 Å². The zero-order valence-electron chi connectivity index (χ0n) is 15.3. The summed E-state index contributed by atoms with van der Waals surface area (Å²) in [7, 11) is 3.37. The maximum absolute atomic E-state index is 5.87.